The summed E-state index contributed by atoms with van der Waals surface area (Å²) in [4.78, 5) is 13.2. The summed E-state index contributed by atoms with van der Waals surface area (Å²) in [6.07, 6.45) is 0. The topological polar surface area (TPSA) is 110 Å². The number of aromatic nitrogens is 1. The second kappa shape index (κ2) is 5.24. The molecule has 0 aromatic carbocycles. The van der Waals surface area contributed by atoms with Gasteiger partial charge in [0.05, 0.1) is 6.54 Å². The molecule has 0 aliphatic heterocycles. The molecule has 1 aromatic rings. The summed E-state index contributed by atoms with van der Waals surface area (Å²) in [6, 6.07) is 1.76. The summed E-state index contributed by atoms with van der Waals surface area (Å²) in [5, 5.41) is 6.41. The molecule has 0 aliphatic carbocycles. The monoisotopic (exact) mass is 239 g/mol. The van der Waals surface area contributed by atoms with Gasteiger partial charge in [0, 0.05) is 20.2 Å². The number of nitrogens with two attached hydrogens (primary N) is 2. The first kappa shape index (κ1) is 12.9. The minimum absolute atomic E-state index is 0.0183. The normalized spacial score (nSPS) is 11.9. The Kier molecular flexibility index (Phi) is 3.97. The maximum Gasteiger partial charge on any atom is 0.273 e. The molecule has 5 N–H and O–H groups in total. The van der Waals surface area contributed by atoms with Gasteiger partial charge in [-0.1, -0.05) is 5.16 Å². The van der Waals surface area contributed by atoms with Crippen molar-refractivity contribution in [3.05, 3.63) is 29.0 Å². The van der Waals surface area contributed by atoms with Crippen LogP contribution in [0.4, 0.5) is 0 Å². The van der Waals surface area contributed by atoms with Crippen LogP contribution >= 0.6 is 0 Å². The van der Waals surface area contributed by atoms with E-state index in [4.69, 9.17) is 16.0 Å². The minimum Gasteiger partial charge on any atom is -0.391 e. The number of likely N-dealkylation sites (N-methyl/N-ethyl adjacent to an activating group) is 1. The molecule has 0 saturated carbocycles. The number of hydrogen-bond acceptors (Lipinski definition) is 6. The fourth-order valence-corrected chi connectivity index (χ4v) is 1.26. The molecule has 0 saturated heterocycles. The number of rotatable bonds is 4. The zero-order valence-corrected chi connectivity index (χ0v) is 10.2. The van der Waals surface area contributed by atoms with E-state index >= 15 is 0 Å². The predicted octanol–water partition coefficient (Wildman–Crippen LogP) is -0.753. The van der Waals surface area contributed by atoms with Gasteiger partial charge in [-0.05, 0) is 6.92 Å². The zero-order valence-electron chi connectivity index (χ0n) is 10.2. The Hall–Kier alpha value is -2.18. The Bertz CT molecular complexity index is 438. The van der Waals surface area contributed by atoms with Crippen LogP contribution in [0.3, 0.4) is 0 Å². The highest BCUT2D eigenvalue weighted by Crippen LogP contribution is 2.06. The summed E-state index contributed by atoms with van der Waals surface area (Å²) >= 11 is 0. The molecule has 0 unspecified atom stereocenters. The van der Waals surface area contributed by atoms with Crippen LogP contribution in [0.1, 0.15) is 11.5 Å². The van der Waals surface area contributed by atoms with Crippen molar-refractivity contribution in [2.75, 3.05) is 14.1 Å². The van der Waals surface area contributed by atoms with Crippen molar-refractivity contribution in [1.29, 1.82) is 0 Å². The van der Waals surface area contributed by atoms with Gasteiger partial charge in [-0.15, -0.1) is 0 Å². The van der Waals surface area contributed by atoms with Crippen molar-refractivity contribution in [1.82, 2.24) is 15.4 Å². The number of amides is 1. The minimum atomic E-state index is -0.363. The third kappa shape index (κ3) is 3.13. The van der Waals surface area contributed by atoms with Crippen molar-refractivity contribution in [2.45, 2.75) is 13.5 Å². The van der Waals surface area contributed by atoms with Crippen LogP contribution in [-0.2, 0) is 11.3 Å². The van der Waals surface area contributed by atoms with Crippen molar-refractivity contribution >= 4 is 5.91 Å². The standard InChI is InChI=1S/C10H17N5O2/c1-6-4-7(14-17-6)5-15(3)10(16)8(11)9(12)13-2/h4,13H,5,11-12H2,1-3H3/b9-8+. The Morgan fingerprint density at radius 1 is 1.59 bits per heavy atom. The SMILES string of the molecule is CN/C(N)=C(/N)C(=O)N(C)Cc1cc(C)on1. The lowest BCUT2D eigenvalue weighted by molar-refractivity contribution is -0.126. The molecule has 7 nitrogen and oxygen atoms in total. The molecule has 1 rings (SSSR count). The zero-order chi connectivity index (χ0) is 13.0. The molecule has 7 heteroatoms. The molecule has 0 fully saturated rings. The third-order valence-electron chi connectivity index (χ3n) is 2.21. The largest absolute Gasteiger partial charge is 0.391 e. The number of nitrogens with zero attached hydrogens (tertiary/aromatic N) is 2. The number of nitrogens with one attached hydrogen (secondary N) is 1. The number of carbonyl (C=O) groups is 1. The molecule has 0 radical (unpaired) electrons. The van der Waals surface area contributed by atoms with Crippen LogP contribution in [-0.4, -0.2) is 30.1 Å². The van der Waals surface area contributed by atoms with Gasteiger partial charge in [0.25, 0.3) is 5.91 Å². The van der Waals surface area contributed by atoms with E-state index in [0.717, 1.165) is 0 Å². The number of carbonyl (C=O) groups excluding carboxylic acids is 1. The second-order valence-corrected chi connectivity index (χ2v) is 3.67. The van der Waals surface area contributed by atoms with Gasteiger partial charge in [0.15, 0.2) is 0 Å². The van der Waals surface area contributed by atoms with E-state index < -0.39 is 0 Å². The Morgan fingerprint density at radius 3 is 2.71 bits per heavy atom. The summed E-state index contributed by atoms with van der Waals surface area (Å²) in [5.41, 5.74) is 11.7. The Morgan fingerprint density at radius 2 is 2.24 bits per heavy atom. The van der Waals surface area contributed by atoms with E-state index in [9.17, 15) is 4.79 Å². The van der Waals surface area contributed by atoms with Gasteiger partial charge in [-0.2, -0.15) is 0 Å². The fourth-order valence-electron chi connectivity index (χ4n) is 1.26. The maximum absolute atomic E-state index is 11.8. The fraction of sp³-hybridized carbons (Fsp3) is 0.400. The molecule has 1 aromatic heterocycles. The quantitative estimate of drug-likeness (QED) is 0.596. The van der Waals surface area contributed by atoms with Gasteiger partial charge in [-0.25, -0.2) is 0 Å². The van der Waals surface area contributed by atoms with E-state index in [1.54, 1.807) is 27.1 Å². The lowest BCUT2D eigenvalue weighted by Gasteiger charge is -2.16. The van der Waals surface area contributed by atoms with Crippen molar-refractivity contribution in [3.63, 3.8) is 0 Å². The van der Waals surface area contributed by atoms with E-state index in [-0.39, 0.29) is 17.4 Å². The first-order valence-corrected chi connectivity index (χ1v) is 5.06. The highest BCUT2D eigenvalue weighted by Gasteiger charge is 2.16. The molecule has 0 aliphatic rings. The lowest BCUT2D eigenvalue weighted by Crippen LogP contribution is -2.35. The summed E-state index contributed by atoms with van der Waals surface area (Å²) in [5.74, 6) is 0.481. The highest BCUT2D eigenvalue weighted by molar-refractivity contribution is 5.92. The molecule has 94 valence electrons. The van der Waals surface area contributed by atoms with Crippen LogP contribution in [0.25, 0.3) is 0 Å². The third-order valence-corrected chi connectivity index (χ3v) is 2.21. The highest BCUT2D eigenvalue weighted by atomic mass is 16.5. The molecule has 17 heavy (non-hydrogen) atoms. The van der Waals surface area contributed by atoms with Crippen LogP contribution in [0, 0.1) is 6.92 Å². The molecular weight excluding hydrogens is 222 g/mol. The molecule has 1 heterocycles. The van der Waals surface area contributed by atoms with Gasteiger partial charge < -0.3 is 26.2 Å². The first-order valence-electron chi connectivity index (χ1n) is 5.06. The lowest BCUT2D eigenvalue weighted by atomic mass is 10.3. The molecule has 1 amide bonds. The van der Waals surface area contributed by atoms with Crippen molar-refractivity contribution < 1.29 is 9.32 Å². The number of hydrogen-bond donors (Lipinski definition) is 3. The van der Waals surface area contributed by atoms with E-state index in [2.05, 4.69) is 10.5 Å². The Balaban J connectivity index is 2.71. The van der Waals surface area contributed by atoms with Gasteiger partial charge in [-0.3, -0.25) is 4.79 Å². The molecule has 0 bridgehead atoms. The summed E-state index contributed by atoms with van der Waals surface area (Å²) in [6.45, 7) is 2.10. The summed E-state index contributed by atoms with van der Waals surface area (Å²) in [7, 11) is 3.21. The van der Waals surface area contributed by atoms with E-state index in [0.29, 0.717) is 18.0 Å². The first-order chi connectivity index (χ1) is 7.95. The molecule has 0 atom stereocenters. The average molecular weight is 239 g/mol. The average Bonchev–Trinajstić information content (AvgIpc) is 2.71. The molecular formula is C10H17N5O2. The summed E-state index contributed by atoms with van der Waals surface area (Å²) < 4.78 is 4.91. The van der Waals surface area contributed by atoms with Gasteiger partial charge >= 0.3 is 0 Å². The van der Waals surface area contributed by atoms with E-state index in [1.807, 2.05) is 0 Å². The van der Waals surface area contributed by atoms with Crippen LogP contribution in [0.15, 0.2) is 22.1 Å². The van der Waals surface area contributed by atoms with Gasteiger partial charge in [0.2, 0.25) is 0 Å². The molecule has 0 spiro atoms. The Labute approximate surface area is 99.4 Å². The van der Waals surface area contributed by atoms with Gasteiger partial charge in [0.1, 0.15) is 23.0 Å². The smallest absolute Gasteiger partial charge is 0.273 e. The van der Waals surface area contributed by atoms with Crippen molar-refractivity contribution in [2.24, 2.45) is 11.5 Å². The predicted molar refractivity (Wildman–Crippen MR) is 62.2 cm³/mol. The maximum atomic E-state index is 11.8. The van der Waals surface area contributed by atoms with Crippen LogP contribution in [0.2, 0.25) is 0 Å². The van der Waals surface area contributed by atoms with Crippen LogP contribution < -0.4 is 16.8 Å². The number of aryl methyl sites for hydroxylation is 1. The van der Waals surface area contributed by atoms with Crippen LogP contribution in [0.5, 0.6) is 0 Å². The van der Waals surface area contributed by atoms with E-state index in [1.165, 1.54) is 4.90 Å². The van der Waals surface area contributed by atoms with Crippen molar-refractivity contribution in [3.8, 4) is 0 Å². The second-order valence-electron chi connectivity index (χ2n) is 3.67.